The minimum absolute atomic E-state index is 0. The first-order valence-electron chi connectivity index (χ1n) is 4.90. The fraction of sp³-hybridized carbons (Fsp3) is 1.00. The van der Waals surface area contributed by atoms with Crippen molar-refractivity contribution in [1.29, 1.82) is 0 Å². The van der Waals surface area contributed by atoms with Gasteiger partial charge in [-0.25, -0.2) is 8.42 Å². The molecule has 2 fully saturated rings. The molecule has 0 spiro atoms. The second kappa shape index (κ2) is 4.79. The number of piperidine rings is 1. The Kier molecular flexibility index (Phi) is 4.18. The van der Waals surface area contributed by atoms with Gasteiger partial charge in [-0.05, 0) is 32.4 Å². The zero-order chi connectivity index (χ0) is 9.31. The van der Waals surface area contributed by atoms with Gasteiger partial charge >= 0.3 is 0 Å². The minimum Gasteiger partial charge on any atom is -0.317 e. The van der Waals surface area contributed by atoms with Gasteiger partial charge in [0.25, 0.3) is 0 Å². The molecule has 1 N–H and O–H groups in total. The van der Waals surface area contributed by atoms with Gasteiger partial charge < -0.3 is 5.32 Å². The average Bonchev–Trinajstić information content (AvgIpc) is 2.47. The zero-order valence-electron chi connectivity index (χ0n) is 8.11. The quantitative estimate of drug-likeness (QED) is 0.712. The van der Waals surface area contributed by atoms with Gasteiger partial charge in [0, 0.05) is 12.6 Å². The van der Waals surface area contributed by atoms with Crippen LogP contribution in [-0.2, 0) is 10.0 Å². The highest BCUT2D eigenvalue weighted by molar-refractivity contribution is 7.89. The summed E-state index contributed by atoms with van der Waals surface area (Å²) in [5.41, 5.74) is 0. The molecule has 14 heavy (non-hydrogen) atoms. The summed E-state index contributed by atoms with van der Waals surface area (Å²) in [5.74, 6) is 0.358. The topological polar surface area (TPSA) is 49.4 Å². The Hall–Kier alpha value is 0.160. The van der Waals surface area contributed by atoms with Gasteiger partial charge in [0.1, 0.15) is 0 Å². The minimum atomic E-state index is -2.88. The molecule has 2 heterocycles. The number of halogens is 1. The fourth-order valence-electron chi connectivity index (χ4n) is 2.16. The molecule has 0 aliphatic carbocycles. The van der Waals surface area contributed by atoms with Crippen molar-refractivity contribution in [3.63, 3.8) is 0 Å². The van der Waals surface area contributed by atoms with Gasteiger partial charge in [0.05, 0.1) is 5.75 Å². The summed E-state index contributed by atoms with van der Waals surface area (Å²) < 4.78 is 24.8. The molecule has 0 atom stereocenters. The maximum Gasteiger partial charge on any atom is 0.214 e. The lowest BCUT2D eigenvalue weighted by Crippen LogP contribution is -2.43. The lowest BCUT2D eigenvalue weighted by Gasteiger charge is -2.29. The van der Waals surface area contributed by atoms with Crippen LogP contribution in [0, 0.1) is 0 Å². The van der Waals surface area contributed by atoms with Crippen LogP contribution < -0.4 is 5.32 Å². The van der Waals surface area contributed by atoms with Gasteiger partial charge in [-0.1, -0.05) is 0 Å². The van der Waals surface area contributed by atoms with Crippen molar-refractivity contribution >= 4 is 22.4 Å². The van der Waals surface area contributed by atoms with Crippen LogP contribution in [0.25, 0.3) is 0 Å². The number of hydrogen-bond donors (Lipinski definition) is 1. The molecular weight excluding hydrogens is 224 g/mol. The molecule has 0 aromatic carbocycles. The monoisotopic (exact) mass is 240 g/mol. The first kappa shape index (κ1) is 12.2. The molecule has 0 saturated carbocycles. The van der Waals surface area contributed by atoms with E-state index in [2.05, 4.69) is 5.32 Å². The van der Waals surface area contributed by atoms with Gasteiger partial charge in [-0.3, -0.25) is 0 Å². The molecule has 2 aliphatic heterocycles. The van der Waals surface area contributed by atoms with E-state index in [9.17, 15) is 8.42 Å². The Labute approximate surface area is 91.5 Å². The molecule has 0 radical (unpaired) electrons. The normalized spacial score (nSPS) is 28.6. The zero-order valence-corrected chi connectivity index (χ0v) is 9.74. The lowest BCUT2D eigenvalue weighted by molar-refractivity contribution is 0.277. The lowest BCUT2D eigenvalue weighted by atomic mass is 10.1. The largest absolute Gasteiger partial charge is 0.317 e. The fourth-order valence-corrected chi connectivity index (χ4v) is 3.96. The van der Waals surface area contributed by atoms with Crippen LogP contribution >= 0.6 is 12.4 Å². The Bertz CT molecular complexity index is 275. The summed E-state index contributed by atoms with van der Waals surface area (Å²) in [4.78, 5) is 0. The van der Waals surface area contributed by atoms with Crippen LogP contribution in [0.3, 0.4) is 0 Å². The number of sulfonamides is 1. The summed E-state index contributed by atoms with van der Waals surface area (Å²) in [6.45, 7) is 2.65. The number of nitrogens with one attached hydrogen (secondary N) is 1. The molecule has 0 unspecified atom stereocenters. The summed E-state index contributed by atoms with van der Waals surface area (Å²) in [6.07, 6.45) is 2.75. The van der Waals surface area contributed by atoms with E-state index < -0.39 is 10.0 Å². The van der Waals surface area contributed by atoms with Gasteiger partial charge in [0.15, 0.2) is 0 Å². The second-order valence-corrected chi connectivity index (χ2v) is 5.80. The van der Waals surface area contributed by atoms with Crippen molar-refractivity contribution in [3.8, 4) is 0 Å². The van der Waals surface area contributed by atoms with E-state index in [4.69, 9.17) is 0 Å². The third-order valence-corrected chi connectivity index (χ3v) is 4.85. The van der Waals surface area contributed by atoms with Gasteiger partial charge in [-0.15, -0.1) is 12.4 Å². The van der Waals surface area contributed by atoms with Crippen molar-refractivity contribution in [1.82, 2.24) is 9.62 Å². The molecule has 2 saturated heterocycles. The molecule has 6 heteroatoms. The summed E-state index contributed by atoms with van der Waals surface area (Å²) in [7, 11) is -2.88. The first-order valence-corrected chi connectivity index (χ1v) is 6.51. The number of rotatable bonds is 1. The van der Waals surface area contributed by atoms with Gasteiger partial charge in [-0.2, -0.15) is 4.31 Å². The van der Waals surface area contributed by atoms with Gasteiger partial charge in [0.2, 0.25) is 10.0 Å². The third kappa shape index (κ3) is 2.39. The third-order valence-electron chi connectivity index (χ3n) is 2.85. The SMILES string of the molecule is Cl.O=S1(=O)CCCN1C1CCNCC1. The van der Waals surface area contributed by atoms with E-state index in [1.807, 2.05) is 0 Å². The maximum atomic E-state index is 11.6. The van der Waals surface area contributed by atoms with Crippen LogP contribution in [0.1, 0.15) is 19.3 Å². The standard InChI is InChI=1S/C8H16N2O2S.ClH/c11-13(12)7-1-6-10(13)8-2-4-9-5-3-8;/h8-9H,1-7H2;1H. The molecule has 0 aromatic heterocycles. The summed E-state index contributed by atoms with van der Waals surface area (Å²) in [5, 5.41) is 3.24. The molecule has 4 nitrogen and oxygen atoms in total. The van der Waals surface area contributed by atoms with E-state index in [0.717, 1.165) is 38.9 Å². The van der Waals surface area contributed by atoms with E-state index in [-0.39, 0.29) is 18.4 Å². The predicted molar refractivity (Wildman–Crippen MR) is 58.2 cm³/mol. The molecule has 0 amide bonds. The van der Waals surface area contributed by atoms with Crippen LogP contribution in [0.2, 0.25) is 0 Å². The Morgan fingerprint density at radius 1 is 1.21 bits per heavy atom. The van der Waals surface area contributed by atoms with Crippen molar-refractivity contribution in [2.24, 2.45) is 0 Å². The highest BCUT2D eigenvalue weighted by Crippen LogP contribution is 2.21. The smallest absolute Gasteiger partial charge is 0.214 e. The predicted octanol–water partition coefficient (Wildman–Crippen LogP) is 0.196. The average molecular weight is 241 g/mol. The molecule has 84 valence electrons. The number of nitrogens with zero attached hydrogens (tertiary/aromatic N) is 1. The van der Waals surface area contributed by atoms with E-state index in [1.165, 1.54) is 0 Å². The Balaban J connectivity index is 0.000000980. The number of hydrogen-bond acceptors (Lipinski definition) is 3. The highest BCUT2D eigenvalue weighted by Gasteiger charge is 2.34. The maximum absolute atomic E-state index is 11.6. The van der Waals surface area contributed by atoms with E-state index >= 15 is 0 Å². The van der Waals surface area contributed by atoms with Crippen molar-refractivity contribution in [2.45, 2.75) is 25.3 Å². The van der Waals surface area contributed by atoms with Crippen LogP contribution in [0.15, 0.2) is 0 Å². The summed E-state index contributed by atoms with van der Waals surface area (Å²) >= 11 is 0. The van der Waals surface area contributed by atoms with Crippen molar-refractivity contribution in [3.05, 3.63) is 0 Å². The van der Waals surface area contributed by atoms with E-state index in [1.54, 1.807) is 4.31 Å². The highest BCUT2D eigenvalue weighted by atomic mass is 35.5. The van der Waals surface area contributed by atoms with Crippen LogP contribution in [0.4, 0.5) is 0 Å². The van der Waals surface area contributed by atoms with Crippen molar-refractivity contribution in [2.75, 3.05) is 25.4 Å². The summed E-state index contributed by atoms with van der Waals surface area (Å²) in [6, 6.07) is 0.272. The Morgan fingerprint density at radius 3 is 2.36 bits per heavy atom. The Morgan fingerprint density at radius 2 is 1.86 bits per heavy atom. The van der Waals surface area contributed by atoms with Crippen LogP contribution in [-0.4, -0.2) is 44.2 Å². The molecule has 2 rings (SSSR count). The second-order valence-electron chi connectivity index (χ2n) is 3.76. The molecule has 0 aromatic rings. The van der Waals surface area contributed by atoms with Crippen LogP contribution in [0.5, 0.6) is 0 Å². The first-order chi connectivity index (χ1) is 6.20. The van der Waals surface area contributed by atoms with E-state index in [0.29, 0.717) is 5.75 Å². The van der Waals surface area contributed by atoms with Crippen molar-refractivity contribution < 1.29 is 8.42 Å². The molecule has 2 aliphatic rings. The molecular formula is C8H17ClN2O2S. The molecule has 0 bridgehead atoms.